The molecule has 0 spiro atoms. The van der Waals surface area contributed by atoms with Crippen molar-refractivity contribution in [2.24, 2.45) is 0 Å². The van der Waals surface area contributed by atoms with E-state index < -0.39 is 33.0 Å². The Morgan fingerprint density at radius 2 is 1.94 bits per heavy atom. The van der Waals surface area contributed by atoms with E-state index in [4.69, 9.17) is 0 Å². The number of alkyl halides is 3. The average molecular weight is 304 g/mol. The monoisotopic (exact) mass is 303 g/mol. The molecular formula is C7H2BrF4NO3. The molecule has 88 valence electrons. The third-order valence-electron chi connectivity index (χ3n) is 1.41. The summed E-state index contributed by atoms with van der Waals surface area (Å²) >= 11 is 2.54. The molecule has 0 atom stereocenters. The van der Waals surface area contributed by atoms with Crippen LogP contribution in [0.5, 0.6) is 5.75 Å². The molecule has 0 bridgehead atoms. The van der Waals surface area contributed by atoms with Crippen LogP contribution in [0.1, 0.15) is 0 Å². The zero-order valence-electron chi connectivity index (χ0n) is 7.22. The Hall–Kier alpha value is -1.38. The number of halogens is 5. The maximum Gasteiger partial charge on any atom is 0.573 e. The molecule has 16 heavy (non-hydrogen) atoms. The average Bonchev–Trinajstić information content (AvgIpc) is 2.07. The summed E-state index contributed by atoms with van der Waals surface area (Å²) in [5, 5.41) is 10.4. The molecule has 0 aromatic heterocycles. The Morgan fingerprint density at radius 3 is 2.38 bits per heavy atom. The van der Waals surface area contributed by atoms with Gasteiger partial charge in [0.2, 0.25) is 0 Å². The third-order valence-corrected chi connectivity index (χ3v) is 2.20. The molecule has 0 aliphatic carbocycles. The van der Waals surface area contributed by atoms with Gasteiger partial charge in [0, 0.05) is 6.07 Å². The molecule has 0 saturated carbocycles. The largest absolute Gasteiger partial charge is 0.573 e. The van der Waals surface area contributed by atoms with Gasteiger partial charge in [0.05, 0.1) is 11.0 Å². The first-order valence-electron chi connectivity index (χ1n) is 3.60. The number of rotatable bonds is 2. The minimum absolute atomic E-state index is 0.393. The van der Waals surface area contributed by atoms with Gasteiger partial charge in [-0.1, -0.05) is 0 Å². The van der Waals surface area contributed by atoms with Crippen molar-refractivity contribution >= 4 is 21.6 Å². The molecule has 9 heteroatoms. The van der Waals surface area contributed by atoms with Crippen molar-refractivity contribution in [3.8, 4) is 5.75 Å². The van der Waals surface area contributed by atoms with Crippen molar-refractivity contribution in [2.75, 3.05) is 0 Å². The van der Waals surface area contributed by atoms with Crippen molar-refractivity contribution in [1.82, 2.24) is 0 Å². The summed E-state index contributed by atoms with van der Waals surface area (Å²) in [5.74, 6) is -2.20. The molecule has 0 saturated heterocycles. The maximum absolute atomic E-state index is 13.0. The highest BCUT2D eigenvalue weighted by Gasteiger charge is 2.32. The molecule has 0 fully saturated rings. The van der Waals surface area contributed by atoms with Crippen LogP contribution in [0.25, 0.3) is 0 Å². The van der Waals surface area contributed by atoms with E-state index in [1.807, 2.05) is 0 Å². The van der Waals surface area contributed by atoms with Gasteiger partial charge in [0.25, 0.3) is 5.69 Å². The van der Waals surface area contributed by atoms with Crippen molar-refractivity contribution in [1.29, 1.82) is 0 Å². The van der Waals surface area contributed by atoms with E-state index in [1.54, 1.807) is 0 Å². The van der Waals surface area contributed by atoms with Gasteiger partial charge in [-0.05, 0) is 15.9 Å². The van der Waals surface area contributed by atoms with Gasteiger partial charge in [-0.25, -0.2) is 4.39 Å². The predicted octanol–water partition coefficient (Wildman–Crippen LogP) is 3.40. The lowest BCUT2D eigenvalue weighted by atomic mass is 10.3. The molecule has 0 heterocycles. The molecule has 0 amide bonds. The molecule has 1 aromatic carbocycles. The second-order valence-corrected chi connectivity index (χ2v) is 3.34. The Morgan fingerprint density at radius 1 is 1.38 bits per heavy atom. The number of ether oxygens (including phenoxy) is 1. The topological polar surface area (TPSA) is 52.4 Å². The lowest BCUT2D eigenvalue weighted by Gasteiger charge is -2.09. The normalized spacial score (nSPS) is 11.3. The highest BCUT2D eigenvalue weighted by molar-refractivity contribution is 9.10. The minimum atomic E-state index is -5.03. The molecule has 0 N–H and O–H groups in total. The van der Waals surface area contributed by atoms with Gasteiger partial charge in [0.15, 0.2) is 0 Å². The Kier molecular flexibility index (Phi) is 3.36. The zero-order chi connectivity index (χ0) is 12.5. The van der Waals surface area contributed by atoms with Gasteiger partial charge in [-0.15, -0.1) is 13.2 Å². The molecule has 0 radical (unpaired) electrons. The summed E-state index contributed by atoms with van der Waals surface area (Å²) in [4.78, 5) is 9.33. The fraction of sp³-hybridized carbons (Fsp3) is 0.143. The van der Waals surface area contributed by atoms with E-state index >= 15 is 0 Å². The van der Waals surface area contributed by atoms with Crippen LogP contribution in [-0.4, -0.2) is 11.3 Å². The third kappa shape index (κ3) is 3.05. The van der Waals surface area contributed by atoms with Gasteiger partial charge < -0.3 is 4.74 Å². The maximum atomic E-state index is 13.0. The van der Waals surface area contributed by atoms with E-state index in [0.717, 1.165) is 0 Å². The van der Waals surface area contributed by atoms with E-state index in [-0.39, 0.29) is 0 Å². The lowest BCUT2D eigenvalue weighted by Crippen LogP contribution is -2.17. The summed E-state index contributed by atoms with van der Waals surface area (Å²) in [7, 11) is 0. The van der Waals surface area contributed by atoms with Crippen LogP contribution in [0.15, 0.2) is 16.6 Å². The second-order valence-electron chi connectivity index (χ2n) is 2.54. The van der Waals surface area contributed by atoms with Gasteiger partial charge in [-0.2, -0.15) is 0 Å². The Labute approximate surface area is 94.1 Å². The fourth-order valence-electron chi connectivity index (χ4n) is 0.876. The first-order chi connectivity index (χ1) is 7.20. The molecule has 0 aliphatic heterocycles. The standard InChI is InChI=1S/C7H2BrF4NO3/c8-6-4(9)1-3(16-7(10,11)12)2-5(6)13(14)15/h1-2H. The Bertz CT molecular complexity index is 434. The smallest absolute Gasteiger partial charge is 0.405 e. The first-order valence-corrected chi connectivity index (χ1v) is 4.39. The number of nitrogens with zero attached hydrogens (tertiary/aromatic N) is 1. The molecule has 1 aromatic rings. The molecular weight excluding hydrogens is 302 g/mol. The predicted molar refractivity (Wildman–Crippen MR) is 47.4 cm³/mol. The first kappa shape index (κ1) is 12.7. The van der Waals surface area contributed by atoms with E-state index in [1.165, 1.54) is 0 Å². The molecule has 0 aliphatic rings. The van der Waals surface area contributed by atoms with Gasteiger partial charge >= 0.3 is 6.36 Å². The summed E-state index contributed by atoms with van der Waals surface area (Å²) < 4.78 is 51.1. The minimum Gasteiger partial charge on any atom is -0.405 e. The SMILES string of the molecule is O=[N+]([O-])c1cc(OC(F)(F)F)cc(F)c1Br. The number of hydrogen-bond acceptors (Lipinski definition) is 3. The molecule has 1 rings (SSSR count). The van der Waals surface area contributed by atoms with Crippen LogP contribution in [0, 0.1) is 15.9 Å². The van der Waals surface area contributed by atoms with E-state index in [2.05, 4.69) is 20.7 Å². The highest BCUT2D eigenvalue weighted by atomic mass is 79.9. The number of benzene rings is 1. The zero-order valence-corrected chi connectivity index (χ0v) is 8.80. The molecule has 4 nitrogen and oxygen atoms in total. The van der Waals surface area contributed by atoms with E-state index in [0.29, 0.717) is 12.1 Å². The van der Waals surface area contributed by atoms with Crippen LogP contribution < -0.4 is 4.74 Å². The van der Waals surface area contributed by atoms with Gasteiger partial charge in [-0.3, -0.25) is 10.1 Å². The number of nitro groups is 1. The van der Waals surface area contributed by atoms with Crippen LogP contribution in [0.3, 0.4) is 0 Å². The Balaban J connectivity index is 3.19. The number of nitro benzene ring substituents is 1. The van der Waals surface area contributed by atoms with Crippen LogP contribution in [0.2, 0.25) is 0 Å². The molecule has 0 unspecified atom stereocenters. The van der Waals surface area contributed by atoms with E-state index in [9.17, 15) is 27.7 Å². The second kappa shape index (κ2) is 4.24. The van der Waals surface area contributed by atoms with Crippen molar-refractivity contribution in [3.63, 3.8) is 0 Å². The lowest BCUT2D eigenvalue weighted by molar-refractivity contribution is -0.386. The fourth-order valence-corrected chi connectivity index (χ4v) is 1.25. The quantitative estimate of drug-likeness (QED) is 0.478. The van der Waals surface area contributed by atoms with Crippen LogP contribution in [-0.2, 0) is 0 Å². The van der Waals surface area contributed by atoms with Crippen molar-refractivity contribution in [2.45, 2.75) is 6.36 Å². The number of hydrogen-bond donors (Lipinski definition) is 0. The summed E-state index contributed by atoms with van der Waals surface area (Å²) in [5.41, 5.74) is -0.848. The van der Waals surface area contributed by atoms with Crippen LogP contribution >= 0.6 is 15.9 Å². The van der Waals surface area contributed by atoms with Crippen molar-refractivity contribution < 1.29 is 27.2 Å². The summed E-state index contributed by atoms with van der Waals surface area (Å²) in [6.45, 7) is 0. The summed E-state index contributed by atoms with van der Waals surface area (Å²) in [6.07, 6.45) is -5.03. The summed E-state index contributed by atoms with van der Waals surface area (Å²) in [6, 6.07) is 0.866. The van der Waals surface area contributed by atoms with Crippen LogP contribution in [0.4, 0.5) is 23.2 Å². The van der Waals surface area contributed by atoms with Crippen molar-refractivity contribution in [3.05, 3.63) is 32.5 Å². The highest BCUT2D eigenvalue weighted by Crippen LogP contribution is 2.34. The van der Waals surface area contributed by atoms with Gasteiger partial charge in [0.1, 0.15) is 16.0 Å².